The minimum atomic E-state index is -0.326. The van der Waals surface area contributed by atoms with Gasteiger partial charge in [0.15, 0.2) is 5.96 Å². The van der Waals surface area contributed by atoms with Crippen LogP contribution in [0.2, 0.25) is 0 Å². The molecule has 160 valence electrons. The molecule has 0 aromatic heterocycles. The molecule has 2 rings (SSSR count). The molecule has 2 amide bonds. The first-order valence-electron chi connectivity index (χ1n) is 9.94. The summed E-state index contributed by atoms with van der Waals surface area (Å²) in [5, 5.41) is 21.4. The quantitative estimate of drug-likeness (QED) is 0.242. The van der Waals surface area contributed by atoms with Crippen molar-refractivity contribution in [1.29, 1.82) is 0 Å². The van der Waals surface area contributed by atoms with Gasteiger partial charge in [-0.05, 0) is 43.2 Å². The maximum absolute atomic E-state index is 12.1. The van der Waals surface area contributed by atoms with Gasteiger partial charge in [0.1, 0.15) is 5.75 Å². The molecule has 0 atom stereocenters. The lowest BCUT2D eigenvalue weighted by atomic mass is 10.1. The summed E-state index contributed by atoms with van der Waals surface area (Å²) in [7, 11) is 1.61. The summed E-state index contributed by atoms with van der Waals surface area (Å²) in [6.45, 7) is 4.10. The van der Waals surface area contributed by atoms with Crippen LogP contribution in [0.1, 0.15) is 33.2 Å². The number of phenols is 1. The van der Waals surface area contributed by atoms with Crippen molar-refractivity contribution in [2.24, 2.45) is 4.99 Å². The lowest BCUT2D eigenvalue weighted by Gasteiger charge is -2.12. The summed E-state index contributed by atoms with van der Waals surface area (Å²) < 4.78 is 0. The molecule has 8 nitrogen and oxygen atoms in total. The van der Waals surface area contributed by atoms with E-state index in [1.54, 1.807) is 31.3 Å². The number of rotatable bonds is 9. The van der Waals surface area contributed by atoms with E-state index in [4.69, 9.17) is 0 Å². The van der Waals surface area contributed by atoms with E-state index in [1.165, 1.54) is 6.07 Å². The predicted octanol–water partition coefficient (Wildman–Crippen LogP) is 1.28. The van der Waals surface area contributed by atoms with Crippen molar-refractivity contribution >= 4 is 17.8 Å². The highest BCUT2D eigenvalue weighted by atomic mass is 16.3. The number of carbonyl (C=O) groups excluding carboxylic acids is 2. The Kier molecular flexibility index (Phi) is 9.18. The highest BCUT2D eigenvalue weighted by Crippen LogP contribution is 2.14. The molecule has 5 N–H and O–H groups in total. The minimum absolute atomic E-state index is 0.0432. The number of amides is 2. The van der Waals surface area contributed by atoms with Gasteiger partial charge in [-0.15, -0.1) is 0 Å². The first-order valence-corrected chi connectivity index (χ1v) is 9.94. The average molecular weight is 412 g/mol. The normalized spacial score (nSPS) is 10.9. The number of aliphatic imine (C=N–C) groups is 1. The molecular weight excluding hydrogens is 382 g/mol. The number of guanidine groups is 1. The van der Waals surface area contributed by atoms with Crippen molar-refractivity contribution < 1.29 is 14.7 Å². The zero-order valence-corrected chi connectivity index (χ0v) is 17.4. The van der Waals surface area contributed by atoms with E-state index in [2.05, 4.69) is 26.3 Å². The second-order valence-electron chi connectivity index (χ2n) is 6.49. The Morgan fingerprint density at radius 2 is 1.73 bits per heavy atom. The van der Waals surface area contributed by atoms with Crippen LogP contribution in [0.3, 0.4) is 0 Å². The molecule has 2 aromatic carbocycles. The Morgan fingerprint density at radius 1 is 0.967 bits per heavy atom. The van der Waals surface area contributed by atoms with Crippen LogP contribution in [-0.4, -0.2) is 56.1 Å². The van der Waals surface area contributed by atoms with Crippen molar-refractivity contribution in [1.82, 2.24) is 21.3 Å². The fourth-order valence-corrected chi connectivity index (χ4v) is 2.77. The van der Waals surface area contributed by atoms with E-state index >= 15 is 0 Å². The zero-order chi connectivity index (χ0) is 21.8. The lowest BCUT2D eigenvalue weighted by Crippen LogP contribution is -2.41. The minimum Gasteiger partial charge on any atom is -0.507 e. The standard InChI is InChI=1S/C22H29N5O3/c1-3-24-22(26-12-11-16-7-6-8-17(15-16)20(29)23-2)27-14-13-25-21(30)18-9-4-5-10-19(18)28/h4-10,15,28H,3,11-14H2,1-2H3,(H,23,29)(H,25,30)(H2,24,26,27). The molecular formula is C22H29N5O3. The molecule has 0 radical (unpaired) electrons. The van der Waals surface area contributed by atoms with Gasteiger partial charge in [0.2, 0.25) is 0 Å². The summed E-state index contributed by atoms with van der Waals surface area (Å²) >= 11 is 0. The number of nitrogens with one attached hydrogen (secondary N) is 4. The van der Waals surface area contributed by atoms with Gasteiger partial charge in [0.25, 0.3) is 11.8 Å². The molecule has 0 fully saturated rings. The lowest BCUT2D eigenvalue weighted by molar-refractivity contribution is 0.0947. The van der Waals surface area contributed by atoms with Crippen LogP contribution in [0.25, 0.3) is 0 Å². The number of carbonyl (C=O) groups is 2. The zero-order valence-electron chi connectivity index (χ0n) is 17.4. The van der Waals surface area contributed by atoms with Crippen LogP contribution in [0.4, 0.5) is 0 Å². The average Bonchev–Trinajstić information content (AvgIpc) is 2.76. The first-order chi connectivity index (χ1) is 14.5. The van der Waals surface area contributed by atoms with Crippen LogP contribution in [-0.2, 0) is 6.42 Å². The molecule has 0 spiro atoms. The maximum atomic E-state index is 12.1. The fourth-order valence-electron chi connectivity index (χ4n) is 2.77. The van der Waals surface area contributed by atoms with Gasteiger partial charge in [-0.1, -0.05) is 24.3 Å². The molecule has 0 bridgehead atoms. The van der Waals surface area contributed by atoms with Crippen LogP contribution < -0.4 is 21.3 Å². The Morgan fingerprint density at radius 3 is 2.47 bits per heavy atom. The monoisotopic (exact) mass is 411 g/mol. The SMILES string of the molecule is CCNC(=NCCc1cccc(C(=O)NC)c1)NCCNC(=O)c1ccccc1O. The van der Waals surface area contributed by atoms with Crippen LogP contribution in [0, 0.1) is 0 Å². The summed E-state index contributed by atoms with van der Waals surface area (Å²) in [5.74, 6) is 0.171. The third-order valence-corrected chi connectivity index (χ3v) is 4.28. The van der Waals surface area contributed by atoms with E-state index in [-0.39, 0.29) is 23.1 Å². The number of phenolic OH excluding ortho intramolecular Hbond substituents is 1. The van der Waals surface area contributed by atoms with Gasteiger partial charge >= 0.3 is 0 Å². The number of hydrogen-bond donors (Lipinski definition) is 5. The summed E-state index contributed by atoms with van der Waals surface area (Å²) in [6, 6.07) is 13.9. The number of hydrogen-bond acceptors (Lipinski definition) is 4. The van der Waals surface area contributed by atoms with Crippen molar-refractivity contribution in [3.8, 4) is 5.75 Å². The molecule has 0 aliphatic heterocycles. The molecule has 0 aliphatic rings. The Balaban J connectivity index is 1.81. The van der Waals surface area contributed by atoms with Gasteiger partial charge < -0.3 is 26.4 Å². The maximum Gasteiger partial charge on any atom is 0.255 e. The van der Waals surface area contributed by atoms with Crippen LogP contribution in [0.15, 0.2) is 53.5 Å². The molecule has 0 unspecified atom stereocenters. The number of para-hydroxylation sites is 1. The largest absolute Gasteiger partial charge is 0.507 e. The Hall–Kier alpha value is -3.55. The molecule has 2 aromatic rings. The molecule has 8 heteroatoms. The number of benzene rings is 2. The highest BCUT2D eigenvalue weighted by molar-refractivity contribution is 5.96. The van der Waals surface area contributed by atoms with Gasteiger partial charge in [0, 0.05) is 38.8 Å². The third-order valence-electron chi connectivity index (χ3n) is 4.28. The van der Waals surface area contributed by atoms with Crippen molar-refractivity contribution in [2.45, 2.75) is 13.3 Å². The molecule has 0 heterocycles. The van der Waals surface area contributed by atoms with E-state index in [1.807, 2.05) is 25.1 Å². The Bertz CT molecular complexity index is 883. The van der Waals surface area contributed by atoms with E-state index in [0.717, 1.165) is 5.56 Å². The van der Waals surface area contributed by atoms with Crippen LogP contribution >= 0.6 is 0 Å². The van der Waals surface area contributed by atoms with E-state index < -0.39 is 0 Å². The van der Waals surface area contributed by atoms with Crippen LogP contribution in [0.5, 0.6) is 5.75 Å². The summed E-state index contributed by atoms with van der Waals surface area (Å²) in [6.07, 6.45) is 0.700. The van der Waals surface area contributed by atoms with Gasteiger partial charge in [-0.3, -0.25) is 14.6 Å². The molecule has 0 saturated heterocycles. The Labute approximate surface area is 176 Å². The predicted molar refractivity (Wildman–Crippen MR) is 118 cm³/mol. The second kappa shape index (κ2) is 12.1. The van der Waals surface area contributed by atoms with Crippen molar-refractivity contribution in [3.05, 3.63) is 65.2 Å². The molecule has 0 aliphatic carbocycles. The van der Waals surface area contributed by atoms with Gasteiger partial charge in [-0.25, -0.2) is 0 Å². The molecule has 30 heavy (non-hydrogen) atoms. The fraction of sp³-hybridized carbons (Fsp3) is 0.318. The van der Waals surface area contributed by atoms with E-state index in [0.29, 0.717) is 44.1 Å². The first kappa shape index (κ1) is 22.7. The topological polar surface area (TPSA) is 115 Å². The number of aromatic hydroxyl groups is 1. The van der Waals surface area contributed by atoms with E-state index in [9.17, 15) is 14.7 Å². The third kappa shape index (κ3) is 7.12. The smallest absolute Gasteiger partial charge is 0.255 e. The molecule has 0 saturated carbocycles. The van der Waals surface area contributed by atoms with Gasteiger partial charge in [0.05, 0.1) is 5.56 Å². The second-order valence-corrected chi connectivity index (χ2v) is 6.49. The van der Waals surface area contributed by atoms with Crippen molar-refractivity contribution in [2.75, 3.05) is 33.2 Å². The number of nitrogens with zero attached hydrogens (tertiary/aromatic N) is 1. The van der Waals surface area contributed by atoms with Crippen molar-refractivity contribution in [3.63, 3.8) is 0 Å². The van der Waals surface area contributed by atoms with Gasteiger partial charge in [-0.2, -0.15) is 0 Å². The highest BCUT2D eigenvalue weighted by Gasteiger charge is 2.09. The summed E-state index contributed by atoms with van der Waals surface area (Å²) in [5.41, 5.74) is 1.91. The summed E-state index contributed by atoms with van der Waals surface area (Å²) in [4.78, 5) is 28.4.